The lowest BCUT2D eigenvalue weighted by molar-refractivity contribution is 0.0785. The predicted molar refractivity (Wildman–Crippen MR) is 108 cm³/mol. The highest BCUT2D eigenvalue weighted by Crippen LogP contribution is 2.19. The number of pyridine rings is 1. The monoisotopic (exact) mass is 380 g/mol. The highest BCUT2D eigenvalue weighted by atomic mass is 16.2. The Bertz CT molecular complexity index is 982. The van der Waals surface area contributed by atoms with Crippen molar-refractivity contribution in [2.24, 2.45) is 0 Å². The molecule has 1 fully saturated rings. The average Bonchev–Trinajstić information content (AvgIpc) is 3.39. The number of fused-ring (bicyclic) bond motifs is 1. The lowest BCUT2D eigenvalue weighted by atomic mass is 10.2. The second kappa shape index (κ2) is 7.75. The van der Waals surface area contributed by atoms with E-state index in [0.29, 0.717) is 12.2 Å². The Kier molecular flexibility index (Phi) is 5.17. The molecule has 1 saturated heterocycles. The van der Waals surface area contributed by atoms with E-state index in [-0.39, 0.29) is 5.91 Å². The summed E-state index contributed by atoms with van der Waals surface area (Å²) in [7, 11) is 2.08. The van der Waals surface area contributed by atoms with Crippen molar-refractivity contribution in [2.45, 2.75) is 39.8 Å². The lowest BCUT2D eigenvalue weighted by Crippen LogP contribution is -2.30. The Morgan fingerprint density at radius 1 is 1.21 bits per heavy atom. The van der Waals surface area contributed by atoms with Gasteiger partial charge in [0.25, 0.3) is 5.91 Å². The number of nitrogens with zero attached hydrogens (tertiary/aromatic N) is 6. The first-order chi connectivity index (χ1) is 13.5. The van der Waals surface area contributed by atoms with Crippen LogP contribution in [0.4, 0.5) is 0 Å². The molecule has 4 heterocycles. The van der Waals surface area contributed by atoms with Crippen LogP contribution in [-0.2, 0) is 13.1 Å². The molecule has 0 radical (unpaired) electrons. The molecular weight excluding hydrogens is 352 g/mol. The minimum atomic E-state index is 0.0585. The van der Waals surface area contributed by atoms with Crippen LogP contribution in [0, 0.1) is 13.8 Å². The maximum absolute atomic E-state index is 13.1. The normalized spacial score (nSPS) is 14.5. The van der Waals surface area contributed by atoms with E-state index >= 15 is 0 Å². The van der Waals surface area contributed by atoms with E-state index < -0.39 is 0 Å². The molecule has 1 amide bonds. The lowest BCUT2D eigenvalue weighted by Gasteiger charge is -2.19. The fraction of sp³-hybridized carbons (Fsp3) is 0.476. The van der Waals surface area contributed by atoms with Crippen LogP contribution in [0.2, 0.25) is 0 Å². The number of imidazole rings is 1. The zero-order valence-electron chi connectivity index (χ0n) is 16.9. The van der Waals surface area contributed by atoms with Crippen LogP contribution >= 0.6 is 0 Å². The van der Waals surface area contributed by atoms with E-state index in [4.69, 9.17) is 0 Å². The molecule has 0 aromatic carbocycles. The SMILES string of the molecule is Cc1cc(C)n(CCN(C)Cc2c(C(=O)N3CCCC3)nc3ccccn23)n1. The fourth-order valence-corrected chi connectivity index (χ4v) is 3.94. The molecule has 1 aliphatic rings. The van der Waals surface area contributed by atoms with E-state index in [9.17, 15) is 4.79 Å². The van der Waals surface area contributed by atoms with E-state index in [0.717, 1.165) is 56.1 Å². The van der Waals surface area contributed by atoms with Crippen LogP contribution in [0.25, 0.3) is 5.65 Å². The summed E-state index contributed by atoms with van der Waals surface area (Å²) in [6.07, 6.45) is 4.15. The van der Waals surface area contributed by atoms with Crippen molar-refractivity contribution in [3.63, 3.8) is 0 Å². The van der Waals surface area contributed by atoms with Crippen LogP contribution < -0.4 is 0 Å². The summed E-state index contributed by atoms with van der Waals surface area (Å²) >= 11 is 0. The van der Waals surface area contributed by atoms with Crippen LogP contribution in [0.1, 0.15) is 40.4 Å². The summed E-state index contributed by atoms with van der Waals surface area (Å²) in [5.41, 5.74) is 4.59. The molecule has 0 bridgehead atoms. The molecule has 148 valence electrons. The molecule has 0 atom stereocenters. The van der Waals surface area contributed by atoms with Gasteiger partial charge < -0.3 is 9.30 Å². The Labute approximate surface area is 165 Å². The van der Waals surface area contributed by atoms with Gasteiger partial charge in [-0.1, -0.05) is 6.07 Å². The highest BCUT2D eigenvalue weighted by molar-refractivity contribution is 5.94. The molecule has 0 N–H and O–H groups in total. The molecule has 7 nitrogen and oxygen atoms in total. The van der Waals surface area contributed by atoms with Crippen molar-refractivity contribution in [1.82, 2.24) is 29.0 Å². The molecule has 0 spiro atoms. The third-order valence-electron chi connectivity index (χ3n) is 5.44. The van der Waals surface area contributed by atoms with Crippen LogP contribution in [0.15, 0.2) is 30.5 Å². The van der Waals surface area contributed by atoms with Crippen molar-refractivity contribution in [2.75, 3.05) is 26.7 Å². The molecular formula is C21H28N6O. The summed E-state index contributed by atoms with van der Waals surface area (Å²) in [5.74, 6) is 0.0585. The summed E-state index contributed by atoms with van der Waals surface area (Å²) in [5, 5.41) is 4.54. The second-order valence-corrected chi connectivity index (χ2v) is 7.72. The molecule has 3 aromatic heterocycles. The minimum Gasteiger partial charge on any atom is -0.337 e. The predicted octanol–water partition coefficient (Wildman–Crippen LogP) is 2.52. The molecule has 28 heavy (non-hydrogen) atoms. The van der Waals surface area contributed by atoms with Gasteiger partial charge in [-0.3, -0.25) is 14.4 Å². The topological polar surface area (TPSA) is 58.7 Å². The van der Waals surface area contributed by atoms with Crippen LogP contribution in [-0.4, -0.2) is 61.6 Å². The molecule has 0 aliphatic carbocycles. The number of likely N-dealkylation sites (N-methyl/N-ethyl adjacent to an activating group) is 1. The van der Waals surface area contributed by atoms with Crippen LogP contribution in [0.3, 0.4) is 0 Å². The van der Waals surface area contributed by atoms with Gasteiger partial charge in [0, 0.05) is 38.1 Å². The van der Waals surface area contributed by atoms with Gasteiger partial charge in [-0.2, -0.15) is 5.10 Å². The maximum Gasteiger partial charge on any atom is 0.274 e. The first-order valence-corrected chi connectivity index (χ1v) is 9.98. The van der Waals surface area contributed by atoms with Gasteiger partial charge in [-0.25, -0.2) is 4.98 Å². The van der Waals surface area contributed by atoms with Gasteiger partial charge in [0.1, 0.15) is 5.65 Å². The third-order valence-corrected chi connectivity index (χ3v) is 5.44. The van der Waals surface area contributed by atoms with Crippen LogP contribution in [0.5, 0.6) is 0 Å². The zero-order chi connectivity index (χ0) is 19.7. The number of aromatic nitrogens is 4. The standard InChI is InChI=1S/C21H28N6O/c1-16-14-17(2)27(23-16)13-12-24(3)15-18-20(21(28)25-9-6-7-10-25)22-19-8-4-5-11-26(18)19/h4-5,8,11,14H,6-7,9-10,12-13,15H2,1-3H3. The summed E-state index contributed by atoms with van der Waals surface area (Å²) in [6.45, 7) is 8.10. The fourth-order valence-electron chi connectivity index (χ4n) is 3.94. The number of likely N-dealkylation sites (tertiary alicyclic amines) is 1. The summed E-state index contributed by atoms with van der Waals surface area (Å²) < 4.78 is 4.08. The Balaban J connectivity index is 1.55. The summed E-state index contributed by atoms with van der Waals surface area (Å²) in [4.78, 5) is 21.9. The number of carbonyl (C=O) groups excluding carboxylic acids is 1. The molecule has 4 rings (SSSR count). The van der Waals surface area contributed by atoms with Crippen molar-refractivity contribution in [3.8, 4) is 0 Å². The zero-order valence-corrected chi connectivity index (χ0v) is 16.9. The first kappa shape index (κ1) is 18.7. The largest absolute Gasteiger partial charge is 0.337 e. The molecule has 0 saturated carbocycles. The van der Waals surface area contributed by atoms with Gasteiger partial charge in [0.15, 0.2) is 5.69 Å². The number of aryl methyl sites for hydroxylation is 2. The van der Waals surface area contributed by atoms with E-state index in [1.54, 1.807) is 0 Å². The summed E-state index contributed by atoms with van der Waals surface area (Å²) in [6, 6.07) is 8.00. The maximum atomic E-state index is 13.1. The van der Waals surface area contributed by atoms with Gasteiger partial charge in [0.2, 0.25) is 0 Å². The van der Waals surface area contributed by atoms with Gasteiger partial charge in [-0.15, -0.1) is 0 Å². The smallest absolute Gasteiger partial charge is 0.274 e. The quantitative estimate of drug-likeness (QED) is 0.659. The molecule has 3 aromatic rings. The number of hydrogen-bond acceptors (Lipinski definition) is 4. The molecule has 1 aliphatic heterocycles. The number of carbonyl (C=O) groups is 1. The van der Waals surface area contributed by atoms with Crippen molar-refractivity contribution in [3.05, 3.63) is 53.2 Å². The minimum absolute atomic E-state index is 0.0585. The molecule has 7 heteroatoms. The van der Waals surface area contributed by atoms with Gasteiger partial charge in [-0.05, 0) is 51.9 Å². The average molecular weight is 380 g/mol. The first-order valence-electron chi connectivity index (χ1n) is 9.98. The van der Waals surface area contributed by atoms with Crippen molar-refractivity contribution >= 4 is 11.6 Å². The van der Waals surface area contributed by atoms with E-state index in [1.807, 2.05) is 45.3 Å². The molecule has 0 unspecified atom stereocenters. The number of amides is 1. The number of hydrogen-bond donors (Lipinski definition) is 0. The van der Waals surface area contributed by atoms with Gasteiger partial charge >= 0.3 is 0 Å². The Hall–Kier alpha value is -2.67. The third kappa shape index (κ3) is 3.67. The second-order valence-electron chi connectivity index (χ2n) is 7.72. The van der Waals surface area contributed by atoms with Gasteiger partial charge in [0.05, 0.1) is 17.9 Å². The van der Waals surface area contributed by atoms with E-state index in [2.05, 4.69) is 35.0 Å². The highest BCUT2D eigenvalue weighted by Gasteiger charge is 2.26. The number of rotatable bonds is 6. The van der Waals surface area contributed by atoms with Crippen molar-refractivity contribution in [1.29, 1.82) is 0 Å². The Morgan fingerprint density at radius 3 is 2.71 bits per heavy atom. The van der Waals surface area contributed by atoms with E-state index in [1.165, 1.54) is 5.69 Å². The Morgan fingerprint density at radius 2 is 2.00 bits per heavy atom. The van der Waals surface area contributed by atoms with Crippen molar-refractivity contribution < 1.29 is 4.79 Å².